The van der Waals surface area contributed by atoms with Gasteiger partial charge in [0.15, 0.2) is 0 Å². The van der Waals surface area contributed by atoms with Crippen LogP contribution < -0.4 is 5.32 Å². The van der Waals surface area contributed by atoms with Crippen LogP contribution in [0.2, 0.25) is 5.02 Å². The molecule has 0 aliphatic heterocycles. The number of aromatic nitrogens is 1. The number of nitrogens with zero attached hydrogens (tertiary/aromatic N) is 1. The summed E-state index contributed by atoms with van der Waals surface area (Å²) in [6, 6.07) is 16.5. The van der Waals surface area contributed by atoms with E-state index in [1.165, 1.54) is 11.3 Å². The molecule has 0 aliphatic rings. The molecule has 2 N–H and O–H groups in total. The Hall–Kier alpha value is -2.70. The lowest BCUT2D eigenvalue weighted by Gasteiger charge is -2.07. The van der Waals surface area contributed by atoms with Crippen molar-refractivity contribution in [1.82, 2.24) is 4.98 Å². The number of carbonyl (C=O) groups excluding carboxylic acids is 1. The number of carbonyl (C=O) groups is 1. The second kappa shape index (κ2) is 8.12. The van der Waals surface area contributed by atoms with Crippen molar-refractivity contribution in [3.8, 4) is 10.6 Å². The van der Waals surface area contributed by atoms with Gasteiger partial charge in [-0.3, -0.25) is 5.32 Å². The Bertz CT molecular complexity index is 941. The Labute approximate surface area is 160 Å². The van der Waals surface area contributed by atoms with Gasteiger partial charge in [0.25, 0.3) is 0 Å². The molecule has 1 aromatic heterocycles. The first kappa shape index (κ1) is 18.1. The van der Waals surface area contributed by atoms with Crippen LogP contribution in [0, 0.1) is 12.3 Å². The highest BCUT2D eigenvalue weighted by atomic mass is 35.5. The van der Waals surface area contributed by atoms with Gasteiger partial charge in [0.2, 0.25) is 0 Å². The number of aryl methyl sites for hydroxylation is 1. The quantitative estimate of drug-likeness (QED) is 0.578. The number of benzene rings is 2. The molecule has 7 heteroatoms. The van der Waals surface area contributed by atoms with Gasteiger partial charge in [-0.05, 0) is 25.1 Å². The molecule has 0 radical (unpaired) electrons. The smallest absolute Gasteiger partial charge is 0.412 e. The largest absolute Gasteiger partial charge is 0.443 e. The summed E-state index contributed by atoms with van der Waals surface area (Å²) in [5, 5.41) is 12.1. The molecular formula is C19H16ClN3O2S. The monoisotopic (exact) mass is 385 g/mol. The molecule has 0 bridgehead atoms. The number of halogens is 1. The van der Waals surface area contributed by atoms with Gasteiger partial charge in [0.1, 0.15) is 11.6 Å². The van der Waals surface area contributed by atoms with Crippen molar-refractivity contribution in [3.63, 3.8) is 0 Å². The van der Waals surface area contributed by atoms with Crippen molar-refractivity contribution in [3.05, 3.63) is 70.2 Å². The van der Waals surface area contributed by atoms with Crippen molar-refractivity contribution in [1.29, 1.82) is 5.41 Å². The van der Waals surface area contributed by atoms with E-state index >= 15 is 0 Å². The molecule has 5 nitrogen and oxygen atoms in total. The maximum absolute atomic E-state index is 11.9. The lowest BCUT2D eigenvalue weighted by Crippen LogP contribution is -2.18. The molecule has 1 heterocycles. The average Bonchev–Trinajstić information content (AvgIpc) is 3.02. The van der Waals surface area contributed by atoms with Crippen molar-refractivity contribution >= 4 is 40.4 Å². The molecule has 0 fully saturated rings. The van der Waals surface area contributed by atoms with E-state index in [0.29, 0.717) is 15.6 Å². The SMILES string of the molecule is Cc1nc(-c2ccccc2)sc1C(=N)COC(=O)Nc1cccc(Cl)c1. The molecular weight excluding hydrogens is 370 g/mol. The Morgan fingerprint density at radius 3 is 2.73 bits per heavy atom. The summed E-state index contributed by atoms with van der Waals surface area (Å²) in [5.41, 5.74) is 2.50. The van der Waals surface area contributed by atoms with Gasteiger partial charge in [-0.15, -0.1) is 11.3 Å². The van der Waals surface area contributed by atoms with E-state index in [1.807, 2.05) is 37.3 Å². The normalized spacial score (nSPS) is 10.4. The highest BCUT2D eigenvalue weighted by molar-refractivity contribution is 7.17. The van der Waals surface area contributed by atoms with Crippen molar-refractivity contribution in [2.24, 2.45) is 0 Å². The van der Waals surface area contributed by atoms with E-state index < -0.39 is 6.09 Å². The Morgan fingerprint density at radius 2 is 2.00 bits per heavy atom. The molecule has 0 spiro atoms. The van der Waals surface area contributed by atoms with Gasteiger partial charge < -0.3 is 10.1 Å². The molecule has 26 heavy (non-hydrogen) atoms. The number of hydrogen-bond acceptors (Lipinski definition) is 5. The minimum absolute atomic E-state index is 0.135. The van der Waals surface area contributed by atoms with Gasteiger partial charge in [0, 0.05) is 16.3 Å². The van der Waals surface area contributed by atoms with E-state index in [4.69, 9.17) is 21.7 Å². The zero-order valence-electron chi connectivity index (χ0n) is 14.0. The molecule has 2 aromatic carbocycles. The van der Waals surface area contributed by atoms with Crippen molar-refractivity contribution < 1.29 is 9.53 Å². The summed E-state index contributed by atoms with van der Waals surface area (Å²) in [4.78, 5) is 17.1. The van der Waals surface area contributed by atoms with Gasteiger partial charge in [-0.2, -0.15) is 0 Å². The molecule has 132 valence electrons. The molecule has 3 rings (SSSR count). The zero-order valence-corrected chi connectivity index (χ0v) is 15.5. The van der Waals surface area contributed by atoms with Gasteiger partial charge >= 0.3 is 6.09 Å². The lowest BCUT2D eigenvalue weighted by molar-refractivity contribution is 0.177. The van der Waals surface area contributed by atoms with Gasteiger partial charge in [-0.1, -0.05) is 48.0 Å². The molecule has 1 amide bonds. The summed E-state index contributed by atoms with van der Waals surface area (Å²) in [7, 11) is 0. The first-order valence-corrected chi connectivity index (χ1v) is 9.02. The third kappa shape index (κ3) is 4.47. The highest BCUT2D eigenvalue weighted by Gasteiger charge is 2.15. The fourth-order valence-electron chi connectivity index (χ4n) is 2.30. The number of amides is 1. The zero-order chi connectivity index (χ0) is 18.5. The highest BCUT2D eigenvalue weighted by Crippen LogP contribution is 2.28. The van der Waals surface area contributed by atoms with Crippen LogP contribution in [-0.2, 0) is 4.74 Å². The molecule has 0 unspecified atom stereocenters. The molecule has 0 saturated carbocycles. The van der Waals surface area contributed by atoms with Crippen LogP contribution in [0.4, 0.5) is 10.5 Å². The van der Waals surface area contributed by atoms with Crippen LogP contribution in [-0.4, -0.2) is 23.4 Å². The number of hydrogen-bond donors (Lipinski definition) is 2. The topological polar surface area (TPSA) is 75.1 Å². The Balaban J connectivity index is 1.61. The third-order valence-corrected chi connectivity index (χ3v) is 5.01. The Morgan fingerprint density at radius 1 is 1.23 bits per heavy atom. The predicted octanol–water partition coefficient (Wildman–Crippen LogP) is 5.39. The first-order valence-electron chi connectivity index (χ1n) is 7.83. The number of thiazole rings is 1. The number of nitrogens with one attached hydrogen (secondary N) is 2. The van der Waals surface area contributed by atoms with E-state index in [1.54, 1.807) is 24.3 Å². The van der Waals surface area contributed by atoms with Crippen LogP contribution in [0.25, 0.3) is 10.6 Å². The Kier molecular flexibility index (Phi) is 5.65. The van der Waals surface area contributed by atoms with Crippen LogP contribution in [0.15, 0.2) is 54.6 Å². The molecule has 3 aromatic rings. The summed E-state index contributed by atoms with van der Waals surface area (Å²) in [5.74, 6) is 0. The fourth-order valence-corrected chi connectivity index (χ4v) is 3.50. The average molecular weight is 386 g/mol. The van der Waals surface area contributed by atoms with Gasteiger partial charge in [0.05, 0.1) is 16.3 Å². The number of ether oxygens (including phenoxy) is 1. The van der Waals surface area contributed by atoms with Crippen molar-refractivity contribution in [2.45, 2.75) is 6.92 Å². The standard InChI is InChI=1S/C19H16ClN3O2S/c1-12-17(26-18(22-12)13-6-3-2-4-7-13)16(21)11-25-19(24)23-15-9-5-8-14(20)10-15/h2-10,21H,11H2,1H3,(H,23,24). The summed E-state index contributed by atoms with van der Waals surface area (Å²) in [6.45, 7) is 1.71. The van der Waals surface area contributed by atoms with Crippen LogP contribution in [0.1, 0.15) is 10.6 Å². The first-order chi connectivity index (χ1) is 12.5. The van der Waals surface area contributed by atoms with E-state index in [0.717, 1.165) is 16.3 Å². The van der Waals surface area contributed by atoms with Crippen LogP contribution >= 0.6 is 22.9 Å². The second-order valence-corrected chi connectivity index (χ2v) is 6.93. The minimum atomic E-state index is -0.637. The van der Waals surface area contributed by atoms with Crippen LogP contribution in [0.3, 0.4) is 0 Å². The maximum Gasteiger partial charge on any atom is 0.412 e. The van der Waals surface area contributed by atoms with Gasteiger partial charge in [-0.25, -0.2) is 9.78 Å². The molecule has 0 saturated heterocycles. The van der Waals surface area contributed by atoms with Crippen molar-refractivity contribution in [2.75, 3.05) is 11.9 Å². The van der Waals surface area contributed by atoms with E-state index in [2.05, 4.69) is 10.3 Å². The summed E-state index contributed by atoms with van der Waals surface area (Å²) >= 11 is 7.29. The predicted molar refractivity (Wildman–Crippen MR) is 106 cm³/mol. The van der Waals surface area contributed by atoms with E-state index in [9.17, 15) is 4.79 Å². The summed E-state index contributed by atoms with van der Waals surface area (Å²) in [6.07, 6.45) is -0.637. The maximum atomic E-state index is 11.9. The number of anilines is 1. The van der Waals surface area contributed by atoms with E-state index in [-0.39, 0.29) is 12.3 Å². The molecule has 0 atom stereocenters. The lowest BCUT2D eigenvalue weighted by atomic mass is 10.2. The van der Waals surface area contributed by atoms with Crippen LogP contribution in [0.5, 0.6) is 0 Å². The minimum Gasteiger partial charge on any atom is -0.443 e. The fraction of sp³-hybridized carbons (Fsp3) is 0.105. The summed E-state index contributed by atoms with van der Waals surface area (Å²) < 4.78 is 5.13. The molecule has 0 aliphatic carbocycles. The second-order valence-electron chi connectivity index (χ2n) is 5.49. The third-order valence-electron chi connectivity index (χ3n) is 3.51. The number of rotatable bonds is 5.